The topological polar surface area (TPSA) is 63.2 Å². The Morgan fingerprint density at radius 2 is 1.75 bits per heavy atom. The third kappa shape index (κ3) is 4.99. The van der Waals surface area contributed by atoms with E-state index in [9.17, 15) is 0 Å². The summed E-state index contributed by atoms with van der Waals surface area (Å²) >= 11 is 1.64. The van der Waals surface area contributed by atoms with E-state index in [0.717, 1.165) is 42.1 Å². The zero-order chi connectivity index (χ0) is 22.3. The molecule has 4 rings (SSSR count). The van der Waals surface area contributed by atoms with Crippen LogP contribution in [0.25, 0.3) is 11.3 Å². The van der Waals surface area contributed by atoms with Gasteiger partial charge in [-0.1, -0.05) is 61.9 Å². The molecule has 0 saturated carbocycles. The summed E-state index contributed by atoms with van der Waals surface area (Å²) in [6.07, 6.45) is 3.20. The lowest BCUT2D eigenvalue weighted by Crippen LogP contribution is -2.22. The van der Waals surface area contributed by atoms with Crippen molar-refractivity contribution in [2.75, 3.05) is 29.1 Å². The number of para-hydroxylation sites is 1. The number of fused-ring (bicyclic) bond motifs is 3. The number of ether oxygens (including phenoxy) is 1. The Kier molecular flexibility index (Phi) is 7.47. The van der Waals surface area contributed by atoms with E-state index in [-0.39, 0.29) is 6.23 Å². The van der Waals surface area contributed by atoms with E-state index in [1.54, 1.807) is 11.8 Å². The highest BCUT2D eigenvalue weighted by Crippen LogP contribution is 2.39. The van der Waals surface area contributed by atoms with Crippen LogP contribution in [0.15, 0.2) is 53.7 Å². The summed E-state index contributed by atoms with van der Waals surface area (Å²) in [5.74, 6) is 1.51. The Bertz CT molecular complexity index is 1020. The molecule has 6 nitrogen and oxygen atoms in total. The van der Waals surface area contributed by atoms with E-state index in [0.29, 0.717) is 16.7 Å². The van der Waals surface area contributed by atoms with Gasteiger partial charge in [-0.25, -0.2) is 0 Å². The van der Waals surface area contributed by atoms with Crippen LogP contribution in [0.2, 0.25) is 0 Å². The smallest absolute Gasteiger partial charge is 0.247 e. The van der Waals surface area contributed by atoms with Gasteiger partial charge in [-0.05, 0) is 38.5 Å². The quantitative estimate of drug-likeness (QED) is 0.309. The Morgan fingerprint density at radius 3 is 2.50 bits per heavy atom. The summed E-state index contributed by atoms with van der Waals surface area (Å²) in [5.41, 5.74) is 4.84. The van der Waals surface area contributed by atoms with Gasteiger partial charge in [0.05, 0.1) is 0 Å². The first-order chi connectivity index (χ1) is 15.7. The number of aromatic nitrogens is 3. The van der Waals surface area contributed by atoms with Gasteiger partial charge in [-0.3, -0.25) is 0 Å². The molecular weight excluding hydrogens is 418 g/mol. The molecule has 0 radical (unpaired) electrons. The Hall–Kier alpha value is -2.80. The van der Waals surface area contributed by atoms with E-state index >= 15 is 0 Å². The van der Waals surface area contributed by atoms with Gasteiger partial charge < -0.3 is 15.0 Å². The molecule has 0 saturated heterocycles. The van der Waals surface area contributed by atoms with Crippen molar-refractivity contribution < 1.29 is 4.74 Å². The Labute approximate surface area is 194 Å². The predicted octanol–water partition coefficient (Wildman–Crippen LogP) is 6.17. The minimum Gasteiger partial charge on any atom is -0.448 e. The highest BCUT2D eigenvalue weighted by atomic mass is 32.2. The Morgan fingerprint density at radius 1 is 0.969 bits per heavy atom. The molecule has 1 atom stereocenters. The third-order valence-electron chi connectivity index (χ3n) is 5.64. The molecule has 3 aromatic rings. The van der Waals surface area contributed by atoms with Crippen molar-refractivity contribution >= 4 is 23.1 Å². The molecule has 0 bridgehead atoms. The van der Waals surface area contributed by atoms with Gasteiger partial charge in [-0.2, -0.15) is 4.98 Å². The van der Waals surface area contributed by atoms with E-state index in [1.165, 1.54) is 18.5 Å². The van der Waals surface area contributed by atoms with Crippen LogP contribution in [0.1, 0.15) is 51.8 Å². The van der Waals surface area contributed by atoms with Crippen molar-refractivity contribution in [1.29, 1.82) is 0 Å². The number of nitrogens with zero attached hydrogens (tertiary/aromatic N) is 4. The van der Waals surface area contributed by atoms with E-state index in [2.05, 4.69) is 65.5 Å². The van der Waals surface area contributed by atoms with Crippen LogP contribution in [0, 0.1) is 0 Å². The van der Waals surface area contributed by atoms with E-state index in [4.69, 9.17) is 9.72 Å². The second-order valence-electron chi connectivity index (χ2n) is 7.76. The van der Waals surface area contributed by atoms with Crippen LogP contribution in [-0.4, -0.2) is 34.0 Å². The molecule has 0 spiro atoms. The fourth-order valence-corrected chi connectivity index (χ4v) is 4.60. The molecule has 1 N–H and O–H groups in total. The molecule has 32 heavy (non-hydrogen) atoms. The first-order valence-corrected chi connectivity index (χ1v) is 12.5. The molecule has 0 fully saturated rings. The lowest BCUT2D eigenvalue weighted by Gasteiger charge is -2.23. The van der Waals surface area contributed by atoms with Crippen molar-refractivity contribution in [2.24, 2.45) is 0 Å². The van der Waals surface area contributed by atoms with Crippen LogP contribution < -0.4 is 15.0 Å². The molecule has 2 heterocycles. The molecule has 0 amide bonds. The normalized spacial score (nSPS) is 14.5. The minimum absolute atomic E-state index is 0.363. The number of nitrogens with one attached hydrogen (secondary N) is 1. The highest BCUT2D eigenvalue weighted by molar-refractivity contribution is 7.99. The van der Waals surface area contributed by atoms with Crippen molar-refractivity contribution in [3.63, 3.8) is 0 Å². The van der Waals surface area contributed by atoms with Crippen LogP contribution >= 0.6 is 11.8 Å². The van der Waals surface area contributed by atoms with Gasteiger partial charge in [0.25, 0.3) is 0 Å². The fraction of sp³-hybridized carbons (Fsp3) is 0.400. The number of anilines is 2. The lowest BCUT2D eigenvalue weighted by molar-refractivity contribution is 0.225. The van der Waals surface area contributed by atoms with Gasteiger partial charge in [0.2, 0.25) is 11.0 Å². The maximum absolute atomic E-state index is 6.39. The van der Waals surface area contributed by atoms with Crippen molar-refractivity contribution in [1.82, 2.24) is 15.2 Å². The summed E-state index contributed by atoms with van der Waals surface area (Å²) in [4.78, 5) is 7.07. The van der Waals surface area contributed by atoms with E-state index < -0.39 is 0 Å². The Balaban J connectivity index is 1.63. The summed E-state index contributed by atoms with van der Waals surface area (Å²) in [5, 5.41) is 13.1. The molecule has 1 aliphatic rings. The summed E-state index contributed by atoms with van der Waals surface area (Å²) in [7, 11) is 0. The van der Waals surface area contributed by atoms with Crippen molar-refractivity contribution in [3.05, 3.63) is 54.1 Å². The SMILES string of the molecule is CCCCCSc1nnc2c(n1)O[C@@H](c1ccc(N(CC)CC)cc1)Nc1ccccc1-2. The van der Waals surface area contributed by atoms with Crippen LogP contribution in [0.3, 0.4) is 0 Å². The standard InChI is InChI=1S/C25H31N5OS/c1-4-7-10-17-32-25-27-24-22(28-29-25)20-11-8-9-12-21(20)26-23(31-24)18-13-15-19(16-14-18)30(5-2)6-3/h8-9,11-16,23,26H,4-7,10,17H2,1-3H3/t23-/m0/s1. The average molecular weight is 450 g/mol. The highest BCUT2D eigenvalue weighted by Gasteiger charge is 2.26. The molecule has 168 valence electrons. The monoisotopic (exact) mass is 449 g/mol. The number of rotatable bonds is 9. The summed E-state index contributed by atoms with van der Waals surface area (Å²) < 4.78 is 6.39. The maximum atomic E-state index is 6.39. The van der Waals surface area contributed by atoms with Gasteiger partial charge in [-0.15, -0.1) is 10.2 Å². The first-order valence-electron chi connectivity index (χ1n) is 11.5. The number of hydrogen-bond acceptors (Lipinski definition) is 7. The molecule has 7 heteroatoms. The summed E-state index contributed by atoms with van der Waals surface area (Å²) in [6, 6.07) is 16.6. The third-order valence-corrected chi connectivity index (χ3v) is 6.56. The van der Waals surface area contributed by atoms with Crippen LogP contribution in [-0.2, 0) is 0 Å². The summed E-state index contributed by atoms with van der Waals surface area (Å²) in [6.45, 7) is 8.52. The zero-order valence-electron chi connectivity index (χ0n) is 19.0. The second-order valence-corrected chi connectivity index (χ2v) is 8.82. The van der Waals surface area contributed by atoms with Gasteiger partial charge in [0, 0.05) is 41.3 Å². The van der Waals surface area contributed by atoms with Crippen LogP contribution in [0.4, 0.5) is 11.4 Å². The molecule has 0 unspecified atom stereocenters. The maximum Gasteiger partial charge on any atom is 0.247 e. The number of hydrogen-bond donors (Lipinski definition) is 1. The molecule has 1 aliphatic heterocycles. The van der Waals surface area contributed by atoms with Crippen LogP contribution in [0.5, 0.6) is 5.88 Å². The number of benzene rings is 2. The molecule has 1 aromatic heterocycles. The number of thioether (sulfide) groups is 1. The second kappa shape index (κ2) is 10.7. The van der Waals surface area contributed by atoms with Crippen molar-refractivity contribution in [3.8, 4) is 17.1 Å². The largest absolute Gasteiger partial charge is 0.448 e. The van der Waals surface area contributed by atoms with Gasteiger partial charge in [0.1, 0.15) is 0 Å². The fourth-order valence-electron chi connectivity index (χ4n) is 3.82. The minimum atomic E-state index is -0.363. The first kappa shape index (κ1) is 22.4. The zero-order valence-corrected chi connectivity index (χ0v) is 19.9. The molecule has 0 aliphatic carbocycles. The van der Waals surface area contributed by atoms with E-state index in [1.807, 2.05) is 24.3 Å². The van der Waals surface area contributed by atoms with Gasteiger partial charge in [0.15, 0.2) is 11.9 Å². The van der Waals surface area contributed by atoms with Gasteiger partial charge >= 0.3 is 0 Å². The molecular formula is C25H31N5OS. The molecule has 2 aromatic carbocycles. The number of unbranched alkanes of at least 4 members (excludes halogenated alkanes) is 2. The predicted molar refractivity (Wildman–Crippen MR) is 133 cm³/mol. The van der Waals surface area contributed by atoms with Crippen molar-refractivity contribution in [2.45, 2.75) is 51.4 Å². The lowest BCUT2D eigenvalue weighted by atomic mass is 10.1. The average Bonchev–Trinajstić information content (AvgIpc) is 2.99.